The number of nitrogens with zero attached hydrogens (tertiary/aromatic N) is 2. The Bertz CT molecular complexity index is 646. The Labute approximate surface area is 140 Å². The van der Waals surface area contributed by atoms with E-state index in [0.29, 0.717) is 13.0 Å². The number of carbonyl (C=O) groups is 2. The third kappa shape index (κ3) is 3.07. The van der Waals surface area contributed by atoms with Crippen molar-refractivity contribution in [3.05, 3.63) is 48.0 Å². The Morgan fingerprint density at radius 3 is 2.83 bits per heavy atom. The summed E-state index contributed by atoms with van der Waals surface area (Å²) < 4.78 is 10.8. The average Bonchev–Trinajstić information content (AvgIpc) is 2.62. The summed E-state index contributed by atoms with van der Waals surface area (Å²) in [5.74, 6) is -0.0111. The molecule has 1 N–H and O–H groups in total. The van der Waals surface area contributed by atoms with Gasteiger partial charge in [0.05, 0.1) is 25.5 Å². The van der Waals surface area contributed by atoms with E-state index in [2.05, 4.69) is 0 Å². The number of amides is 2. The molecule has 1 aromatic carbocycles. The lowest BCUT2D eigenvalue weighted by molar-refractivity contribution is -0.146. The molecule has 24 heavy (non-hydrogen) atoms. The molecule has 0 radical (unpaired) electrons. The second-order valence-corrected chi connectivity index (χ2v) is 5.77. The molecule has 0 saturated carbocycles. The normalized spacial score (nSPS) is 23.2. The molecule has 7 nitrogen and oxygen atoms in total. The van der Waals surface area contributed by atoms with Crippen LogP contribution in [0.3, 0.4) is 0 Å². The summed E-state index contributed by atoms with van der Waals surface area (Å²) in [5.41, 5.74) is 0.866. The van der Waals surface area contributed by atoms with Gasteiger partial charge in [0.2, 0.25) is 5.88 Å². The highest BCUT2D eigenvalue weighted by Crippen LogP contribution is 2.27. The van der Waals surface area contributed by atoms with Gasteiger partial charge in [-0.1, -0.05) is 30.3 Å². The second-order valence-electron chi connectivity index (χ2n) is 5.77. The van der Waals surface area contributed by atoms with Gasteiger partial charge in [0.15, 0.2) is 0 Å². The van der Waals surface area contributed by atoms with Crippen LogP contribution in [0.1, 0.15) is 18.9 Å². The molecule has 0 spiro atoms. The molecule has 1 aromatic rings. The zero-order valence-corrected chi connectivity index (χ0v) is 13.4. The molecule has 128 valence electrons. The van der Waals surface area contributed by atoms with Crippen molar-refractivity contribution in [2.45, 2.75) is 32.0 Å². The molecule has 0 aromatic heterocycles. The van der Waals surface area contributed by atoms with E-state index in [1.165, 1.54) is 16.0 Å². The summed E-state index contributed by atoms with van der Waals surface area (Å²) in [6.45, 7) is 2.01. The smallest absolute Gasteiger partial charge is 0.415 e. The van der Waals surface area contributed by atoms with Crippen LogP contribution in [0.5, 0.6) is 0 Å². The number of hydrogen-bond acceptors (Lipinski definition) is 5. The lowest BCUT2D eigenvalue weighted by atomic mass is 10.1. The fourth-order valence-electron chi connectivity index (χ4n) is 2.79. The molecular formula is C17H20N2O5. The number of aliphatic hydroxyl groups excluding tert-OH is 1. The molecule has 1 saturated heterocycles. The molecule has 2 aliphatic heterocycles. The van der Waals surface area contributed by atoms with Gasteiger partial charge in [-0.15, -0.1) is 0 Å². The molecule has 0 bridgehead atoms. The minimum absolute atomic E-state index is 0.129. The van der Waals surface area contributed by atoms with E-state index in [0.717, 1.165) is 5.56 Å². The van der Waals surface area contributed by atoms with Crippen LogP contribution in [-0.4, -0.2) is 52.2 Å². The monoisotopic (exact) mass is 332 g/mol. The van der Waals surface area contributed by atoms with Crippen molar-refractivity contribution < 1.29 is 24.2 Å². The number of benzene rings is 1. The van der Waals surface area contributed by atoms with Gasteiger partial charge in [-0.2, -0.15) is 0 Å². The van der Waals surface area contributed by atoms with Crippen LogP contribution < -0.4 is 0 Å². The van der Waals surface area contributed by atoms with Gasteiger partial charge in [0.25, 0.3) is 5.91 Å². The van der Waals surface area contributed by atoms with Crippen molar-refractivity contribution in [2.24, 2.45) is 0 Å². The summed E-state index contributed by atoms with van der Waals surface area (Å²) in [6.07, 6.45) is 1.42. The first-order valence-corrected chi connectivity index (χ1v) is 7.89. The van der Waals surface area contributed by atoms with Crippen LogP contribution >= 0.6 is 0 Å². The predicted molar refractivity (Wildman–Crippen MR) is 84.3 cm³/mol. The van der Waals surface area contributed by atoms with Crippen molar-refractivity contribution in [2.75, 3.05) is 13.2 Å². The lowest BCUT2D eigenvalue weighted by Crippen LogP contribution is -2.57. The van der Waals surface area contributed by atoms with E-state index < -0.39 is 12.1 Å². The topological polar surface area (TPSA) is 79.3 Å². The molecule has 7 heteroatoms. The first kappa shape index (κ1) is 16.3. The van der Waals surface area contributed by atoms with E-state index in [-0.39, 0.29) is 31.0 Å². The number of ether oxygens (including phenoxy) is 2. The Morgan fingerprint density at radius 2 is 2.12 bits per heavy atom. The maximum absolute atomic E-state index is 12.6. The van der Waals surface area contributed by atoms with E-state index in [4.69, 9.17) is 9.47 Å². The standard InChI is InChI=1S/C17H20N2O5/c1-12-16(21)19-14(10-20)7-8-23-15(19)9-18(12)17(22)24-11-13-5-3-2-4-6-13/h2-6,9,12,14,20H,7-8,10-11H2,1H3/t12-,14-/m0/s1. The molecule has 2 amide bonds. The van der Waals surface area contributed by atoms with Gasteiger partial charge in [-0.3, -0.25) is 14.6 Å². The third-order valence-electron chi connectivity index (χ3n) is 4.19. The Balaban J connectivity index is 1.73. The number of fused-ring (bicyclic) bond motifs is 1. The van der Waals surface area contributed by atoms with Crippen LogP contribution in [0, 0.1) is 0 Å². The van der Waals surface area contributed by atoms with E-state index in [1.807, 2.05) is 30.3 Å². The van der Waals surface area contributed by atoms with Crippen LogP contribution in [0.25, 0.3) is 0 Å². The number of carbonyl (C=O) groups excluding carboxylic acids is 2. The lowest BCUT2D eigenvalue weighted by Gasteiger charge is -2.42. The molecule has 2 heterocycles. The van der Waals surface area contributed by atoms with Crippen LogP contribution in [0.15, 0.2) is 42.4 Å². The first-order valence-electron chi connectivity index (χ1n) is 7.89. The van der Waals surface area contributed by atoms with Gasteiger partial charge in [-0.05, 0) is 12.5 Å². The van der Waals surface area contributed by atoms with Crippen molar-refractivity contribution in [1.82, 2.24) is 9.80 Å². The summed E-state index contributed by atoms with van der Waals surface area (Å²) in [5, 5.41) is 9.44. The van der Waals surface area contributed by atoms with E-state index >= 15 is 0 Å². The maximum atomic E-state index is 12.6. The van der Waals surface area contributed by atoms with Crippen molar-refractivity contribution in [3.8, 4) is 0 Å². The molecular weight excluding hydrogens is 312 g/mol. The minimum Gasteiger partial charge on any atom is -0.478 e. The zero-order valence-electron chi connectivity index (χ0n) is 13.4. The average molecular weight is 332 g/mol. The third-order valence-corrected chi connectivity index (χ3v) is 4.19. The Hall–Kier alpha value is -2.54. The fraction of sp³-hybridized carbons (Fsp3) is 0.412. The van der Waals surface area contributed by atoms with Gasteiger partial charge in [0, 0.05) is 6.42 Å². The number of rotatable bonds is 3. The zero-order chi connectivity index (χ0) is 17.1. The summed E-state index contributed by atoms with van der Waals surface area (Å²) >= 11 is 0. The minimum atomic E-state index is -0.715. The van der Waals surface area contributed by atoms with E-state index in [1.54, 1.807) is 6.92 Å². The highest BCUT2D eigenvalue weighted by Gasteiger charge is 2.42. The van der Waals surface area contributed by atoms with Gasteiger partial charge in [-0.25, -0.2) is 4.79 Å². The number of hydrogen-bond donors (Lipinski definition) is 1. The Kier molecular flexibility index (Phi) is 4.71. The van der Waals surface area contributed by atoms with Gasteiger partial charge in [0.1, 0.15) is 12.6 Å². The van der Waals surface area contributed by atoms with E-state index in [9.17, 15) is 14.7 Å². The highest BCUT2D eigenvalue weighted by molar-refractivity contribution is 5.88. The quantitative estimate of drug-likeness (QED) is 0.906. The predicted octanol–water partition coefficient (Wildman–Crippen LogP) is 1.44. The molecule has 3 rings (SSSR count). The summed E-state index contributed by atoms with van der Waals surface area (Å²) in [6, 6.07) is 8.29. The first-order chi connectivity index (χ1) is 11.6. The largest absolute Gasteiger partial charge is 0.478 e. The molecule has 0 unspecified atom stereocenters. The number of aliphatic hydroxyl groups is 1. The van der Waals surface area contributed by atoms with Crippen LogP contribution in [-0.2, 0) is 20.9 Å². The molecule has 2 aliphatic rings. The Morgan fingerprint density at radius 1 is 1.38 bits per heavy atom. The van der Waals surface area contributed by atoms with Gasteiger partial charge >= 0.3 is 6.09 Å². The maximum Gasteiger partial charge on any atom is 0.415 e. The van der Waals surface area contributed by atoms with Crippen molar-refractivity contribution >= 4 is 12.0 Å². The molecule has 1 fully saturated rings. The second kappa shape index (κ2) is 6.92. The van der Waals surface area contributed by atoms with Crippen LogP contribution in [0.4, 0.5) is 4.79 Å². The molecule has 0 aliphatic carbocycles. The summed E-state index contributed by atoms with van der Waals surface area (Å²) in [4.78, 5) is 27.6. The molecule has 2 atom stereocenters. The highest BCUT2D eigenvalue weighted by atomic mass is 16.6. The van der Waals surface area contributed by atoms with Crippen LogP contribution in [0.2, 0.25) is 0 Å². The SMILES string of the molecule is C[C@H]1C(=O)N2C(=CN1C(=O)OCc1ccccc1)OCC[C@H]2CO. The summed E-state index contributed by atoms with van der Waals surface area (Å²) in [7, 11) is 0. The van der Waals surface area contributed by atoms with Crippen molar-refractivity contribution in [3.63, 3.8) is 0 Å². The fourth-order valence-corrected chi connectivity index (χ4v) is 2.79. The van der Waals surface area contributed by atoms with Gasteiger partial charge < -0.3 is 14.6 Å². The van der Waals surface area contributed by atoms with Crippen molar-refractivity contribution in [1.29, 1.82) is 0 Å².